The molecule has 0 spiro atoms. The summed E-state index contributed by atoms with van der Waals surface area (Å²) in [6, 6.07) is -0.617. The van der Waals surface area contributed by atoms with Crippen molar-refractivity contribution in [2.75, 3.05) is 5.32 Å². The normalized spacial score (nSPS) is 12.7. The highest BCUT2D eigenvalue weighted by atomic mass is 16.6. The summed E-state index contributed by atoms with van der Waals surface area (Å²) >= 11 is 0. The molecule has 0 aliphatic heterocycles. The number of ketones is 1. The summed E-state index contributed by atoms with van der Waals surface area (Å²) in [6.45, 7) is 6.82. The molecular formula is C12H18N4O3. The van der Waals surface area contributed by atoms with E-state index in [-0.39, 0.29) is 11.7 Å². The summed E-state index contributed by atoms with van der Waals surface area (Å²) in [5.41, 5.74) is 5.16. The first-order valence-corrected chi connectivity index (χ1v) is 5.81. The molecule has 0 aliphatic rings. The first-order valence-electron chi connectivity index (χ1n) is 5.81. The first kappa shape index (κ1) is 15.0. The SMILES string of the molecule is CC(N)C(=O)c1cnc(NC(=O)OC(C)(C)C)nc1. The van der Waals surface area contributed by atoms with Gasteiger partial charge >= 0.3 is 6.09 Å². The van der Waals surface area contributed by atoms with Crippen molar-refractivity contribution in [2.24, 2.45) is 5.73 Å². The first-order chi connectivity index (χ1) is 8.69. The quantitative estimate of drug-likeness (QED) is 0.800. The van der Waals surface area contributed by atoms with Crippen LogP contribution in [0.1, 0.15) is 38.1 Å². The molecule has 0 aliphatic carbocycles. The molecule has 3 N–H and O–H groups in total. The van der Waals surface area contributed by atoms with E-state index in [1.807, 2.05) is 0 Å². The molecule has 19 heavy (non-hydrogen) atoms. The summed E-state index contributed by atoms with van der Waals surface area (Å²) in [6.07, 6.45) is 1.97. The summed E-state index contributed by atoms with van der Waals surface area (Å²) in [4.78, 5) is 30.7. The molecular weight excluding hydrogens is 248 g/mol. The number of carbonyl (C=O) groups excluding carboxylic acids is 2. The van der Waals surface area contributed by atoms with E-state index in [1.165, 1.54) is 12.4 Å². The fraction of sp³-hybridized carbons (Fsp3) is 0.500. The van der Waals surface area contributed by atoms with Crippen molar-refractivity contribution in [3.05, 3.63) is 18.0 Å². The van der Waals surface area contributed by atoms with Crippen molar-refractivity contribution in [3.63, 3.8) is 0 Å². The van der Waals surface area contributed by atoms with E-state index in [2.05, 4.69) is 15.3 Å². The van der Waals surface area contributed by atoms with Gasteiger partial charge in [0.15, 0.2) is 5.78 Å². The topological polar surface area (TPSA) is 107 Å². The molecule has 0 radical (unpaired) electrons. The second-order valence-corrected chi connectivity index (χ2v) is 5.08. The Bertz CT molecular complexity index is 463. The van der Waals surface area contributed by atoms with Crippen LogP contribution in [-0.4, -0.2) is 33.5 Å². The molecule has 1 heterocycles. The van der Waals surface area contributed by atoms with Gasteiger partial charge in [0.25, 0.3) is 0 Å². The van der Waals surface area contributed by atoms with Crippen LogP contribution in [0.2, 0.25) is 0 Å². The highest BCUT2D eigenvalue weighted by Gasteiger charge is 2.17. The second kappa shape index (κ2) is 5.75. The van der Waals surface area contributed by atoms with Crippen LogP contribution in [0.3, 0.4) is 0 Å². The van der Waals surface area contributed by atoms with Gasteiger partial charge in [-0.1, -0.05) is 0 Å². The molecule has 0 bridgehead atoms. The Balaban J connectivity index is 2.67. The molecule has 1 amide bonds. The van der Waals surface area contributed by atoms with E-state index < -0.39 is 17.7 Å². The Morgan fingerprint density at radius 2 is 1.84 bits per heavy atom. The number of hydrogen-bond acceptors (Lipinski definition) is 6. The number of amides is 1. The van der Waals surface area contributed by atoms with Gasteiger partial charge in [0, 0.05) is 12.4 Å². The molecule has 104 valence electrons. The van der Waals surface area contributed by atoms with Gasteiger partial charge in [-0.3, -0.25) is 10.1 Å². The standard InChI is InChI=1S/C12H18N4O3/c1-7(13)9(17)8-5-14-10(15-6-8)16-11(18)19-12(2,3)4/h5-7H,13H2,1-4H3,(H,14,15,16,18). The van der Waals surface area contributed by atoms with Crippen molar-refractivity contribution >= 4 is 17.8 Å². The van der Waals surface area contributed by atoms with Crippen LogP contribution in [-0.2, 0) is 4.74 Å². The van der Waals surface area contributed by atoms with Crippen molar-refractivity contribution in [2.45, 2.75) is 39.3 Å². The molecule has 1 rings (SSSR count). The third-order valence-electron chi connectivity index (χ3n) is 1.96. The summed E-state index contributed by atoms with van der Waals surface area (Å²) in [7, 11) is 0. The number of nitrogens with zero attached hydrogens (tertiary/aromatic N) is 2. The maximum absolute atomic E-state index is 11.5. The van der Waals surface area contributed by atoms with Gasteiger partial charge in [0.05, 0.1) is 11.6 Å². The van der Waals surface area contributed by atoms with Crippen molar-refractivity contribution in [1.29, 1.82) is 0 Å². The number of carbonyl (C=O) groups is 2. The zero-order valence-corrected chi connectivity index (χ0v) is 11.4. The highest BCUT2D eigenvalue weighted by molar-refractivity contribution is 5.99. The zero-order chi connectivity index (χ0) is 14.6. The van der Waals surface area contributed by atoms with E-state index in [1.54, 1.807) is 27.7 Å². The average molecular weight is 266 g/mol. The molecule has 7 nitrogen and oxygen atoms in total. The minimum absolute atomic E-state index is 0.0653. The lowest BCUT2D eigenvalue weighted by Gasteiger charge is -2.19. The van der Waals surface area contributed by atoms with E-state index in [9.17, 15) is 9.59 Å². The predicted octanol–water partition coefficient (Wildman–Crippen LogP) is 1.35. The Morgan fingerprint density at radius 3 is 2.26 bits per heavy atom. The molecule has 0 fully saturated rings. The van der Waals surface area contributed by atoms with Crippen LogP contribution in [0.15, 0.2) is 12.4 Å². The lowest BCUT2D eigenvalue weighted by Crippen LogP contribution is -2.28. The molecule has 0 saturated heterocycles. The average Bonchev–Trinajstić information content (AvgIpc) is 2.26. The number of ether oxygens (including phenoxy) is 1. The Kier molecular flexibility index (Phi) is 4.55. The van der Waals surface area contributed by atoms with Gasteiger partial charge in [0.2, 0.25) is 5.95 Å². The maximum atomic E-state index is 11.5. The number of Topliss-reactive ketones (excluding diaryl/α,β-unsaturated/α-hetero) is 1. The molecule has 1 atom stereocenters. The Labute approximate surface area is 111 Å². The zero-order valence-electron chi connectivity index (χ0n) is 11.4. The second-order valence-electron chi connectivity index (χ2n) is 5.08. The number of nitrogens with one attached hydrogen (secondary N) is 1. The highest BCUT2D eigenvalue weighted by Crippen LogP contribution is 2.09. The lowest BCUT2D eigenvalue weighted by atomic mass is 10.1. The van der Waals surface area contributed by atoms with Gasteiger partial charge in [-0.05, 0) is 27.7 Å². The molecule has 1 unspecified atom stereocenters. The van der Waals surface area contributed by atoms with Crippen molar-refractivity contribution in [1.82, 2.24) is 9.97 Å². The summed E-state index contributed by atoms with van der Waals surface area (Å²) in [5.74, 6) is -0.195. The third kappa shape index (κ3) is 5.01. The minimum Gasteiger partial charge on any atom is -0.444 e. The number of hydrogen-bond donors (Lipinski definition) is 2. The van der Waals surface area contributed by atoms with E-state index in [4.69, 9.17) is 10.5 Å². The number of anilines is 1. The van der Waals surface area contributed by atoms with Gasteiger partial charge in [-0.15, -0.1) is 0 Å². The van der Waals surface area contributed by atoms with Crippen LogP contribution < -0.4 is 11.1 Å². The largest absolute Gasteiger partial charge is 0.444 e. The van der Waals surface area contributed by atoms with Crippen LogP contribution in [0.25, 0.3) is 0 Å². The van der Waals surface area contributed by atoms with Gasteiger partial charge in [-0.25, -0.2) is 14.8 Å². The smallest absolute Gasteiger partial charge is 0.414 e. The van der Waals surface area contributed by atoms with E-state index in [0.29, 0.717) is 5.56 Å². The van der Waals surface area contributed by atoms with Crippen LogP contribution >= 0.6 is 0 Å². The van der Waals surface area contributed by atoms with E-state index >= 15 is 0 Å². The molecule has 1 aromatic rings. The monoisotopic (exact) mass is 266 g/mol. The van der Waals surface area contributed by atoms with Crippen molar-refractivity contribution < 1.29 is 14.3 Å². The van der Waals surface area contributed by atoms with Crippen LogP contribution in [0, 0.1) is 0 Å². The van der Waals surface area contributed by atoms with Gasteiger partial charge in [0.1, 0.15) is 5.60 Å². The summed E-state index contributed by atoms with van der Waals surface area (Å²) < 4.78 is 5.04. The Hall–Kier alpha value is -2.02. The number of nitrogens with two attached hydrogens (primary N) is 1. The van der Waals surface area contributed by atoms with E-state index in [0.717, 1.165) is 0 Å². The minimum atomic E-state index is -0.654. The van der Waals surface area contributed by atoms with Crippen molar-refractivity contribution in [3.8, 4) is 0 Å². The summed E-state index contributed by atoms with van der Waals surface area (Å²) in [5, 5.41) is 2.37. The number of aromatic nitrogens is 2. The third-order valence-corrected chi connectivity index (χ3v) is 1.96. The Morgan fingerprint density at radius 1 is 1.32 bits per heavy atom. The molecule has 1 aromatic heterocycles. The molecule has 0 aromatic carbocycles. The molecule has 7 heteroatoms. The fourth-order valence-electron chi connectivity index (χ4n) is 1.18. The fourth-order valence-corrected chi connectivity index (χ4v) is 1.18. The van der Waals surface area contributed by atoms with Gasteiger partial charge < -0.3 is 10.5 Å². The van der Waals surface area contributed by atoms with Crippen LogP contribution in [0.4, 0.5) is 10.7 Å². The maximum Gasteiger partial charge on any atom is 0.414 e. The number of rotatable bonds is 3. The lowest BCUT2D eigenvalue weighted by molar-refractivity contribution is 0.0634. The molecule has 0 saturated carbocycles. The van der Waals surface area contributed by atoms with Crippen LogP contribution in [0.5, 0.6) is 0 Å². The van der Waals surface area contributed by atoms with Gasteiger partial charge in [-0.2, -0.15) is 0 Å². The predicted molar refractivity (Wildman–Crippen MR) is 69.9 cm³/mol.